The monoisotopic (exact) mass is 329 g/mol. The van der Waals surface area contributed by atoms with Gasteiger partial charge in [0.15, 0.2) is 0 Å². The van der Waals surface area contributed by atoms with Gasteiger partial charge in [0.25, 0.3) is 0 Å². The van der Waals surface area contributed by atoms with E-state index in [0.29, 0.717) is 5.56 Å². The molecule has 2 heteroatoms. The largest absolute Gasteiger partial charge is 0.456 e. The Bertz CT molecular complexity index is 963. The first-order valence-corrected chi connectivity index (χ1v) is 8.67. The van der Waals surface area contributed by atoms with Crippen LogP contribution in [0.2, 0.25) is 0 Å². The van der Waals surface area contributed by atoms with Crippen LogP contribution in [0, 0.1) is 18.3 Å². The number of nitrogens with zero attached hydrogens (tertiary/aromatic N) is 1. The van der Waals surface area contributed by atoms with Gasteiger partial charge < -0.3 is 4.74 Å². The minimum absolute atomic E-state index is 0.110. The third kappa shape index (κ3) is 3.23. The van der Waals surface area contributed by atoms with Crippen molar-refractivity contribution in [1.82, 2.24) is 0 Å². The van der Waals surface area contributed by atoms with E-state index >= 15 is 0 Å². The highest BCUT2D eigenvalue weighted by molar-refractivity contribution is 5.93. The van der Waals surface area contributed by atoms with Crippen LogP contribution in [0.3, 0.4) is 0 Å². The van der Waals surface area contributed by atoms with Crippen molar-refractivity contribution < 1.29 is 4.74 Å². The highest BCUT2D eigenvalue weighted by Gasteiger charge is 2.19. The molecule has 0 radical (unpaired) electrons. The number of fused-ring (bicyclic) bond motifs is 1. The Labute approximate surface area is 149 Å². The van der Waals surface area contributed by atoms with E-state index in [9.17, 15) is 5.26 Å². The Morgan fingerprint density at radius 3 is 2.36 bits per heavy atom. The number of hydrogen-bond acceptors (Lipinski definition) is 2. The van der Waals surface area contributed by atoms with E-state index in [-0.39, 0.29) is 5.41 Å². The van der Waals surface area contributed by atoms with Crippen molar-refractivity contribution in [3.8, 4) is 17.6 Å². The van der Waals surface area contributed by atoms with Crippen LogP contribution in [0.5, 0.6) is 11.5 Å². The highest BCUT2D eigenvalue weighted by atomic mass is 16.5. The minimum atomic E-state index is 0.110. The highest BCUT2D eigenvalue weighted by Crippen LogP contribution is 2.36. The molecular weight excluding hydrogens is 306 g/mol. The topological polar surface area (TPSA) is 33.0 Å². The van der Waals surface area contributed by atoms with Crippen LogP contribution in [0.15, 0.2) is 54.6 Å². The van der Waals surface area contributed by atoms with Gasteiger partial charge in [-0.1, -0.05) is 57.2 Å². The first-order valence-electron chi connectivity index (χ1n) is 8.67. The lowest BCUT2D eigenvalue weighted by Gasteiger charge is -2.24. The second-order valence-electron chi connectivity index (χ2n) is 7.09. The molecule has 0 bridgehead atoms. The molecule has 3 aromatic rings. The van der Waals surface area contributed by atoms with E-state index < -0.39 is 0 Å². The lowest BCUT2D eigenvalue weighted by Crippen LogP contribution is -2.15. The second-order valence-corrected chi connectivity index (χ2v) is 7.09. The maximum atomic E-state index is 9.32. The normalized spacial score (nSPS) is 11.3. The van der Waals surface area contributed by atoms with E-state index in [1.807, 2.05) is 36.4 Å². The first-order chi connectivity index (χ1) is 12.0. The van der Waals surface area contributed by atoms with Gasteiger partial charge in [-0.3, -0.25) is 0 Å². The van der Waals surface area contributed by atoms with E-state index in [1.54, 1.807) is 0 Å². The van der Waals surface area contributed by atoms with Gasteiger partial charge in [0.05, 0.1) is 11.6 Å². The summed E-state index contributed by atoms with van der Waals surface area (Å²) in [5.41, 5.74) is 3.15. The Hall–Kier alpha value is -2.79. The van der Waals surface area contributed by atoms with Crippen molar-refractivity contribution in [3.05, 3.63) is 71.3 Å². The molecule has 0 aliphatic carbocycles. The van der Waals surface area contributed by atoms with Crippen LogP contribution in [-0.4, -0.2) is 0 Å². The van der Waals surface area contributed by atoms with E-state index in [2.05, 4.69) is 52.0 Å². The second kappa shape index (κ2) is 6.61. The van der Waals surface area contributed by atoms with Crippen molar-refractivity contribution in [1.29, 1.82) is 5.26 Å². The molecule has 3 aromatic carbocycles. The molecule has 0 unspecified atom stereocenters. The number of hydrogen-bond donors (Lipinski definition) is 0. The number of rotatable bonds is 4. The SMILES string of the molecule is CCC(C)(C)c1ccc(C)c(Oc2ccc(C#N)c3ccccc23)c1. The van der Waals surface area contributed by atoms with Gasteiger partial charge in [0.2, 0.25) is 0 Å². The molecule has 0 heterocycles. The molecule has 0 atom stereocenters. The van der Waals surface area contributed by atoms with E-state index in [0.717, 1.165) is 34.3 Å². The molecule has 25 heavy (non-hydrogen) atoms. The molecular formula is C23H23NO. The zero-order valence-corrected chi connectivity index (χ0v) is 15.3. The summed E-state index contributed by atoms with van der Waals surface area (Å²) < 4.78 is 6.29. The number of ether oxygens (including phenoxy) is 1. The van der Waals surface area contributed by atoms with Crippen LogP contribution in [-0.2, 0) is 5.41 Å². The molecule has 0 fully saturated rings. The zero-order valence-electron chi connectivity index (χ0n) is 15.3. The maximum absolute atomic E-state index is 9.32. The lowest BCUT2D eigenvalue weighted by atomic mass is 9.82. The fourth-order valence-electron chi connectivity index (χ4n) is 2.91. The number of aryl methyl sites for hydroxylation is 1. The molecule has 0 aliphatic rings. The van der Waals surface area contributed by atoms with Crippen LogP contribution in [0.4, 0.5) is 0 Å². The molecule has 0 saturated carbocycles. The summed E-state index contributed by atoms with van der Waals surface area (Å²) in [6.45, 7) is 8.76. The van der Waals surface area contributed by atoms with Crippen LogP contribution in [0.1, 0.15) is 43.9 Å². The average Bonchev–Trinajstić information content (AvgIpc) is 2.63. The molecule has 0 spiro atoms. The van der Waals surface area contributed by atoms with Gasteiger partial charge >= 0.3 is 0 Å². The third-order valence-electron chi connectivity index (χ3n) is 5.08. The van der Waals surface area contributed by atoms with Gasteiger partial charge in [0, 0.05) is 10.8 Å². The summed E-state index contributed by atoms with van der Waals surface area (Å²) in [6, 6.07) is 20.3. The summed E-state index contributed by atoms with van der Waals surface area (Å²) in [7, 11) is 0. The van der Waals surface area contributed by atoms with Crippen molar-refractivity contribution in [2.75, 3.05) is 0 Å². The van der Waals surface area contributed by atoms with Gasteiger partial charge in [-0.15, -0.1) is 0 Å². The van der Waals surface area contributed by atoms with Crippen molar-refractivity contribution >= 4 is 10.8 Å². The first kappa shape index (κ1) is 17.0. The summed E-state index contributed by atoms with van der Waals surface area (Å²) in [5, 5.41) is 11.2. The predicted octanol–water partition coefficient (Wildman–Crippen LogP) is 6.50. The molecule has 0 N–H and O–H groups in total. The van der Waals surface area contributed by atoms with Crippen molar-refractivity contribution in [2.24, 2.45) is 0 Å². The average molecular weight is 329 g/mol. The Balaban J connectivity index is 2.08. The van der Waals surface area contributed by atoms with Gasteiger partial charge in [0.1, 0.15) is 11.5 Å². The lowest BCUT2D eigenvalue weighted by molar-refractivity contribution is 0.472. The number of nitriles is 1. The Morgan fingerprint density at radius 2 is 1.68 bits per heavy atom. The van der Waals surface area contributed by atoms with Gasteiger partial charge in [-0.05, 0) is 48.1 Å². The fourth-order valence-corrected chi connectivity index (χ4v) is 2.91. The van der Waals surface area contributed by atoms with Crippen LogP contribution < -0.4 is 4.74 Å². The summed E-state index contributed by atoms with van der Waals surface area (Å²) >= 11 is 0. The molecule has 3 rings (SSSR count). The molecule has 126 valence electrons. The van der Waals surface area contributed by atoms with E-state index in [1.165, 1.54) is 5.56 Å². The minimum Gasteiger partial charge on any atom is -0.456 e. The summed E-state index contributed by atoms with van der Waals surface area (Å²) in [4.78, 5) is 0. The van der Waals surface area contributed by atoms with Crippen molar-refractivity contribution in [3.63, 3.8) is 0 Å². The molecule has 0 amide bonds. The smallest absolute Gasteiger partial charge is 0.135 e. The Morgan fingerprint density at radius 1 is 0.960 bits per heavy atom. The van der Waals surface area contributed by atoms with Gasteiger partial charge in [-0.25, -0.2) is 0 Å². The maximum Gasteiger partial charge on any atom is 0.135 e. The molecule has 0 saturated heterocycles. The zero-order chi connectivity index (χ0) is 18.0. The predicted molar refractivity (Wildman–Crippen MR) is 103 cm³/mol. The van der Waals surface area contributed by atoms with Crippen LogP contribution in [0.25, 0.3) is 10.8 Å². The molecule has 2 nitrogen and oxygen atoms in total. The molecule has 0 aliphatic heterocycles. The van der Waals surface area contributed by atoms with Gasteiger partial charge in [-0.2, -0.15) is 5.26 Å². The molecule has 0 aromatic heterocycles. The summed E-state index contributed by atoms with van der Waals surface area (Å²) in [6.07, 6.45) is 1.06. The van der Waals surface area contributed by atoms with Crippen LogP contribution >= 0.6 is 0 Å². The Kier molecular flexibility index (Phi) is 4.51. The third-order valence-corrected chi connectivity index (χ3v) is 5.08. The number of benzene rings is 3. The van der Waals surface area contributed by atoms with E-state index in [4.69, 9.17) is 4.74 Å². The quantitative estimate of drug-likeness (QED) is 0.547. The standard InChI is InChI=1S/C23H23NO/c1-5-23(3,4)18-12-10-16(2)22(14-18)25-21-13-11-17(15-24)19-8-6-7-9-20(19)21/h6-14H,5H2,1-4H3. The fraction of sp³-hybridized carbons (Fsp3) is 0.261. The van der Waals surface area contributed by atoms with Crippen molar-refractivity contribution in [2.45, 2.75) is 39.5 Å². The summed E-state index contributed by atoms with van der Waals surface area (Å²) in [5.74, 6) is 1.65.